The Labute approximate surface area is 203 Å². The van der Waals surface area contributed by atoms with Gasteiger partial charge in [-0.05, 0) is 24.8 Å². The highest BCUT2D eigenvalue weighted by molar-refractivity contribution is 7.98. The minimum atomic E-state index is -0.127. The van der Waals surface area contributed by atoms with Crippen molar-refractivity contribution in [3.63, 3.8) is 0 Å². The number of anilines is 2. The molecule has 10 heteroatoms. The Hall–Kier alpha value is -3.40. The number of fused-ring (bicyclic) bond motifs is 1. The number of carbonyl (C=O) groups excluding carboxylic acids is 2. The summed E-state index contributed by atoms with van der Waals surface area (Å²) < 4.78 is 0. The monoisotopic (exact) mass is 479 g/mol. The Morgan fingerprint density at radius 3 is 2.91 bits per heavy atom. The van der Waals surface area contributed by atoms with E-state index in [9.17, 15) is 9.59 Å². The Kier molecular flexibility index (Phi) is 7.46. The van der Waals surface area contributed by atoms with Crippen LogP contribution in [0.25, 0.3) is 10.9 Å². The third-order valence-electron chi connectivity index (χ3n) is 5.82. The van der Waals surface area contributed by atoms with Gasteiger partial charge in [-0.15, -0.1) is 0 Å². The fraction of sp³-hybridized carbons (Fsp3) is 0.375. The summed E-state index contributed by atoms with van der Waals surface area (Å²) in [6.07, 6.45) is 5.28. The average Bonchev–Trinajstić information content (AvgIpc) is 2.85. The Balaban J connectivity index is 1.57. The lowest BCUT2D eigenvalue weighted by molar-refractivity contribution is -0.121. The lowest BCUT2D eigenvalue weighted by atomic mass is 9.96. The van der Waals surface area contributed by atoms with E-state index in [-0.39, 0.29) is 30.3 Å². The number of pyridine rings is 1. The molecule has 3 heterocycles. The van der Waals surface area contributed by atoms with E-state index in [0.717, 1.165) is 28.0 Å². The van der Waals surface area contributed by atoms with E-state index in [1.54, 1.807) is 31.1 Å². The summed E-state index contributed by atoms with van der Waals surface area (Å²) in [6.45, 7) is 3.60. The fourth-order valence-electron chi connectivity index (χ4n) is 4.27. The maximum absolute atomic E-state index is 12.3. The summed E-state index contributed by atoms with van der Waals surface area (Å²) in [5.74, 6) is 2.31. The SMILES string of the molecule is CNC(=O)c1ccnc2c(C(CNc3cc(N4CC(=O)NC(C)C4)ncn3)CSC)cccc12. The van der Waals surface area contributed by atoms with E-state index in [1.807, 2.05) is 30.0 Å². The average molecular weight is 480 g/mol. The summed E-state index contributed by atoms with van der Waals surface area (Å²) in [4.78, 5) is 39.6. The van der Waals surface area contributed by atoms with Crippen LogP contribution in [-0.2, 0) is 4.79 Å². The van der Waals surface area contributed by atoms with Crippen LogP contribution in [0.2, 0.25) is 0 Å². The molecule has 1 aromatic carbocycles. The zero-order chi connectivity index (χ0) is 24.1. The van der Waals surface area contributed by atoms with Gasteiger partial charge in [-0.3, -0.25) is 14.6 Å². The molecule has 0 aliphatic carbocycles. The molecular weight excluding hydrogens is 450 g/mol. The third-order valence-corrected chi connectivity index (χ3v) is 6.56. The number of carbonyl (C=O) groups is 2. The van der Waals surface area contributed by atoms with Gasteiger partial charge in [0, 0.05) is 55.5 Å². The number of nitrogens with zero attached hydrogens (tertiary/aromatic N) is 4. The first-order chi connectivity index (χ1) is 16.5. The maximum atomic E-state index is 12.3. The normalized spacial score (nSPS) is 16.7. The number of amides is 2. The van der Waals surface area contributed by atoms with Gasteiger partial charge in [-0.2, -0.15) is 11.8 Å². The number of hydrogen-bond acceptors (Lipinski definition) is 8. The van der Waals surface area contributed by atoms with E-state index in [2.05, 4.69) is 43.2 Å². The van der Waals surface area contributed by atoms with Crippen LogP contribution >= 0.6 is 11.8 Å². The van der Waals surface area contributed by atoms with Crippen molar-refractivity contribution in [3.8, 4) is 0 Å². The predicted octanol–water partition coefficient (Wildman–Crippen LogP) is 2.27. The molecule has 1 aliphatic heterocycles. The Morgan fingerprint density at radius 2 is 2.15 bits per heavy atom. The molecule has 2 amide bonds. The van der Waals surface area contributed by atoms with Crippen LogP contribution in [0.1, 0.15) is 28.8 Å². The first-order valence-electron chi connectivity index (χ1n) is 11.2. The highest BCUT2D eigenvalue weighted by atomic mass is 32.2. The van der Waals surface area contributed by atoms with Gasteiger partial charge in [-0.25, -0.2) is 9.97 Å². The Bertz CT molecular complexity index is 1190. The van der Waals surface area contributed by atoms with Crippen molar-refractivity contribution >= 4 is 46.1 Å². The summed E-state index contributed by atoms with van der Waals surface area (Å²) in [5, 5.41) is 9.91. The van der Waals surface area contributed by atoms with Crippen LogP contribution in [0.15, 0.2) is 42.9 Å². The van der Waals surface area contributed by atoms with Gasteiger partial charge in [-0.1, -0.05) is 18.2 Å². The molecule has 1 aliphatic rings. The van der Waals surface area contributed by atoms with Gasteiger partial charge in [0.15, 0.2) is 0 Å². The van der Waals surface area contributed by atoms with E-state index in [1.165, 1.54) is 6.33 Å². The molecule has 4 rings (SSSR count). The highest BCUT2D eigenvalue weighted by Gasteiger charge is 2.23. The quantitative estimate of drug-likeness (QED) is 0.451. The molecule has 1 saturated heterocycles. The van der Waals surface area contributed by atoms with E-state index in [4.69, 9.17) is 0 Å². The van der Waals surface area contributed by atoms with Crippen LogP contribution in [0, 0.1) is 0 Å². The van der Waals surface area contributed by atoms with Gasteiger partial charge >= 0.3 is 0 Å². The van der Waals surface area contributed by atoms with Gasteiger partial charge in [0.05, 0.1) is 17.6 Å². The molecule has 1 fully saturated rings. The highest BCUT2D eigenvalue weighted by Crippen LogP contribution is 2.29. The molecule has 178 valence electrons. The fourth-order valence-corrected chi connectivity index (χ4v) is 4.97. The molecule has 0 spiro atoms. The maximum Gasteiger partial charge on any atom is 0.251 e. The molecule has 3 N–H and O–H groups in total. The molecule has 2 atom stereocenters. The molecule has 0 radical (unpaired) electrons. The first-order valence-corrected chi connectivity index (χ1v) is 12.6. The second-order valence-corrected chi connectivity index (χ2v) is 9.24. The van der Waals surface area contributed by atoms with E-state index < -0.39 is 0 Å². The second kappa shape index (κ2) is 10.7. The topological polar surface area (TPSA) is 112 Å². The van der Waals surface area contributed by atoms with Crippen molar-refractivity contribution in [1.29, 1.82) is 0 Å². The molecule has 3 aromatic rings. The van der Waals surface area contributed by atoms with Crippen LogP contribution < -0.4 is 20.9 Å². The summed E-state index contributed by atoms with van der Waals surface area (Å²) in [7, 11) is 1.63. The third kappa shape index (κ3) is 5.22. The van der Waals surface area contributed by atoms with Gasteiger partial charge in [0.25, 0.3) is 5.91 Å². The number of para-hydroxylation sites is 1. The summed E-state index contributed by atoms with van der Waals surface area (Å²) in [6, 6.07) is 9.68. The number of thioether (sulfide) groups is 1. The van der Waals surface area contributed by atoms with Crippen molar-refractivity contribution in [2.75, 3.05) is 48.9 Å². The second-order valence-electron chi connectivity index (χ2n) is 8.32. The molecule has 2 unspecified atom stereocenters. The molecule has 0 saturated carbocycles. The molecular formula is C24H29N7O2S. The lowest BCUT2D eigenvalue weighted by Gasteiger charge is -2.32. The van der Waals surface area contributed by atoms with Gasteiger partial charge in [0.1, 0.15) is 18.0 Å². The lowest BCUT2D eigenvalue weighted by Crippen LogP contribution is -2.53. The van der Waals surface area contributed by atoms with Gasteiger partial charge < -0.3 is 20.9 Å². The minimum Gasteiger partial charge on any atom is -0.369 e. The number of nitrogens with one attached hydrogen (secondary N) is 3. The van der Waals surface area contributed by atoms with E-state index in [0.29, 0.717) is 24.5 Å². The summed E-state index contributed by atoms with van der Waals surface area (Å²) >= 11 is 1.76. The van der Waals surface area contributed by atoms with Crippen molar-refractivity contribution < 1.29 is 9.59 Å². The Morgan fingerprint density at radius 1 is 1.29 bits per heavy atom. The standard InChI is InChI=1S/C24H29N7O2S/c1-15-11-31(12-22(32)30-15)21-9-20(28-14-29-21)27-10-16(13-34-3)17-5-4-6-18-19(24(33)25-2)7-8-26-23(17)18/h4-9,14-16H,10-13H2,1-3H3,(H,25,33)(H,30,32)(H,27,28,29). The largest absolute Gasteiger partial charge is 0.369 e. The van der Waals surface area contributed by atoms with E-state index >= 15 is 0 Å². The van der Waals surface area contributed by atoms with Crippen molar-refractivity contribution in [2.45, 2.75) is 18.9 Å². The van der Waals surface area contributed by atoms with Crippen LogP contribution in [0.3, 0.4) is 0 Å². The number of hydrogen-bond donors (Lipinski definition) is 3. The number of benzene rings is 1. The summed E-state index contributed by atoms with van der Waals surface area (Å²) in [5.41, 5.74) is 2.53. The molecule has 0 bridgehead atoms. The number of piperazine rings is 1. The molecule has 9 nitrogen and oxygen atoms in total. The number of rotatable bonds is 8. The van der Waals surface area contributed by atoms with Crippen molar-refractivity contribution in [2.24, 2.45) is 0 Å². The molecule has 2 aromatic heterocycles. The zero-order valence-electron chi connectivity index (χ0n) is 19.5. The minimum absolute atomic E-state index is 0.00788. The van der Waals surface area contributed by atoms with Crippen LogP contribution in [-0.4, -0.2) is 71.5 Å². The predicted molar refractivity (Wildman–Crippen MR) is 137 cm³/mol. The van der Waals surface area contributed by atoms with Crippen molar-refractivity contribution in [1.82, 2.24) is 25.6 Å². The smallest absolute Gasteiger partial charge is 0.251 e. The van der Waals surface area contributed by atoms with Crippen LogP contribution in [0.5, 0.6) is 0 Å². The number of aromatic nitrogens is 3. The zero-order valence-corrected chi connectivity index (χ0v) is 20.4. The van der Waals surface area contributed by atoms with Gasteiger partial charge in [0.2, 0.25) is 5.91 Å². The first kappa shape index (κ1) is 23.7. The van der Waals surface area contributed by atoms with Crippen molar-refractivity contribution in [3.05, 3.63) is 54.0 Å². The molecule has 34 heavy (non-hydrogen) atoms. The van der Waals surface area contributed by atoms with Crippen LogP contribution in [0.4, 0.5) is 11.6 Å².